The summed E-state index contributed by atoms with van der Waals surface area (Å²) in [4.78, 5) is 0. The topological polar surface area (TPSA) is 50.1 Å². The maximum absolute atomic E-state index is 9.50. The first-order chi connectivity index (χ1) is 8.29. The molecule has 88 valence electrons. The minimum Gasteiger partial charge on any atom is -0.390 e. The van der Waals surface area contributed by atoms with Gasteiger partial charge in [-0.1, -0.05) is 22.0 Å². The van der Waals surface area contributed by atoms with E-state index < -0.39 is 0 Å². The van der Waals surface area contributed by atoms with Gasteiger partial charge in [0.2, 0.25) is 0 Å². The Morgan fingerprint density at radius 2 is 2.29 bits per heavy atom. The summed E-state index contributed by atoms with van der Waals surface area (Å²) < 4.78 is 2.84. The number of benzene rings is 1. The number of hydrogen-bond donors (Lipinski definition) is 2. The first kappa shape index (κ1) is 11.0. The van der Waals surface area contributed by atoms with Gasteiger partial charge >= 0.3 is 0 Å². The minimum absolute atomic E-state index is 0.0104. The molecule has 0 saturated heterocycles. The molecule has 0 radical (unpaired) electrons. The highest BCUT2D eigenvalue weighted by Gasteiger charge is 2.21. The second-order valence-electron chi connectivity index (χ2n) is 4.03. The molecule has 1 aromatic heterocycles. The summed E-state index contributed by atoms with van der Waals surface area (Å²) in [5.41, 5.74) is 4.02. The first-order valence-corrected chi connectivity index (χ1v) is 6.26. The van der Waals surface area contributed by atoms with Gasteiger partial charge in [0.25, 0.3) is 0 Å². The van der Waals surface area contributed by atoms with Crippen LogP contribution in [0.3, 0.4) is 0 Å². The van der Waals surface area contributed by atoms with Crippen LogP contribution in [0.25, 0.3) is 5.69 Å². The van der Waals surface area contributed by atoms with E-state index in [-0.39, 0.29) is 6.61 Å². The van der Waals surface area contributed by atoms with Gasteiger partial charge in [-0.3, -0.25) is 0 Å². The normalized spacial score (nSPS) is 14.0. The molecule has 0 aliphatic carbocycles. The summed E-state index contributed by atoms with van der Waals surface area (Å²) in [6, 6.07) is 7.92. The van der Waals surface area contributed by atoms with Crippen LogP contribution in [0.15, 0.2) is 28.7 Å². The van der Waals surface area contributed by atoms with Gasteiger partial charge in [-0.2, -0.15) is 5.10 Å². The Hall–Kier alpha value is -1.17. The molecule has 0 fully saturated rings. The maximum atomic E-state index is 9.50. The average molecular weight is 294 g/mol. The fourth-order valence-corrected chi connectivity index (χ4v) is 2.56. The highest BCUT2D eigenvalue weighted by molar-refractivity contribution is 9.10. The molecule has 2 N–H and O–H groups in total. The Kier molecular flexibility index (Phi) is 2.74. The Labute approximate surface area is 107 Å². The van der Waals surface area contributed by atoms with Crippen molar-refractivity contribution in [3.63, 3.8) is 0 Å². The van der Waals surface area contributed by atoms with Crippen molar-refractivity contribution in [3.8, 4) is 5.69 Å². The molecule has 0 unspecified atom stereocenters. The molecule has 0 atom stereocenters. The zero-order chi connectivity index (χ0) is 11.8. The molecule has 0 amide bonds. The summed E-state index contributed by atoms with van der Waals surface area (Å²) in [7, 11) is 0. The molecule has 1 aliphatic heterocycles. The number of nitrogens with one attached hydrogen (secondary N) is 1. The van der Waals surface area contributed by atoms with Gasteiger partial charge in [0.1, 0.15) is 0 Å². The number of hydrogen-bond acceptors (Lipinski definition) is 3. The van der Waals surface area contributed by atoms with Crippen LogP contribution in [0.5, 0.6) is 0 Å². The number of fused-ring (bicyclic) bond motifs is 1. The van der Waals surface area contributed by atoms with E-state index >= 15 is 0 Å². The van der Waals surface area contributed by atoms with Crippen molar-refractivity contribution in [2.75, 3.05) is 0 Å². The maximum Gasteiger partial charge on any atom is 0.0857 e. The van der Waals surface area contributed by atoms with Crippen LogP contribution < -0.4 is 5.32 Å². The van der Waals surface area contributed by atoms with Crippen molar-refractivity contribution in [3.05, 3.63) is 45.7 Å². The van der Waals surface area contributed by atoms with Crippen molar-refractivity contribution >= 4 is 15.9 Å². The van der Waals surface area contributed by atoms with E-state index in [1.165, 1.54) is 0 Å². The van der Waals surface area contributed by atoms with E-state index in [2.05, 4.69) is 26.3 Å². The third kappa shape index (κ3) is 1.80. The van der Waals surface area contributed by atoms with Gasteiger partial charge in [-0.15, -0.1) is 0 Å². The Balaban J connectivity index is 2.15. The summed E-state index contributed by atoms with van der Waals surface area (Å²) in [6.45, 7) is 1.58. The zero-order valence-electron chi connectivity index (χ0n) is 9.15. The summed E-state index contributed by atoms with van der Waals surface area (Å²) in [5.74, 6) is 0. The van der Waals surface area contributed by atoms with Gasteiger partial charge < -0.3 is 10.4 Å². The van der Waals surface area contributed by atoms with E-state index in [0.717, 1.165) is 40.2 Å². The van der Waals surface area contributed by atoms with Crippen LogP contribution in [0, 0.1) is 0 Å². The Morgan fingerprint density at radius 1 is 1.41 bits per heavy atom. The predicted octanol–water partition coefficient (Wildman–Crippen LogP) is 1.73. The molecule has 4 nitrogen and oxygen atoms in total. The third-order valence-corrected chi connectivity index (χ3v) is 3.46. The molecule has 1 aromatic carbocycles. The fourth-order valence-electron chi connectivity index (χ4n) is 2.17. The standard InChI is InChI=1S/C12H12BrN3O/c13-8-2-1-3-9(4-8)16-12(7-17)10-5-14-6-11(10)15-16/h1-4,14,17H,5-7H2. The second kappa shape index (κ2) is 4.25. The molecule has 1 aliphatic rings. The van der Waals surface area contributed by atoms with Crippen LogP contribution in [-0.4, -0.2) is 14.9 Å². The summed E-state index contributed by atoms with van der Waals surface area (Å²) >= 11 is 3.45. The van der Waals surface area contributed by atoms with Crippen molar-refractivity contribution in [2.24, 2.45) is 0 Å². The second-order valence-corrected chi connectivity index (χ2v) is 4.94. The third-order valence-electron chi connectivity index (χ3n) is 2.97. The van der Waals surface area contributed by atoms with Crippen molar-refractivity contribution in [1.29, 1.82) is 0 Å². The van der Waals surface area contributed by atoms with E-state index in [1.54, 1.807) is 0 Å². The van der Waals surface area contributed by atoms with E-state index in [9.17, 15) is 5.11 Å². The monoisotopic (exact) mass is 293 g/mol. The number of rotatable bonds is 2. The van der Waals surface area contributed by atoms with Gasteiger partial charge in [0.15, 0.2) is 0 Å². The lowest BCUT2D eigenvalue weighted by Gasteiger charge is -2.07. The SMILES string of the molecule is OCc1c2c(nn1-c1cccc(Br)c1)CNC2. The number of aromatic nitrogens is 2. The van der Waals surface area contributed by atoms with E-state index in [0.29, 0.717) is 0 Å². The van der Waals surface area contributed by atoms with Crippen molar-refractivity contribution < 1.29 is 5.11 Å². The highest BCUT2D eigenvalue weighted by atomic mass is 79.9. The van der Waals surface area contributed by atoms with Gasteiger partial charge in [0, 0.05) is 23.1 Å². The first-order valence-electron chi connectivity index (χ1n) is 5.47. The van der Waals surface area contributed by atoms with Gasteiger partial charge in [0.05, 0.1) is 23.7 Å². The molecule has 0 bridgehead atoms. The fraction of sp³-hybridized carbons (Fsp3) is 0.250. The zero-order valence-corrected chi connectivity index (χ0v) is 10.7. The molecule has 3 rings (SSSR count). The lowest BCUT2D eigenvalue weighted by molar-refractivity contribution is 0.271. The van der Waals surface area contributed by atoms with E-state index in [1.807, 2.05) is 28.9 Å². The molecular weight excluding hydrogens is 282 g/mol. The summed E-state index contributed by atoms with van der Waals surface area (Å²) in [5, 5.41) is 17.3. The number of halogens is 1. The number of nitrogens with zero attached hydrogens (tertiary/aromatic N) is 2. The lowest BCUT2D eigenvalue weighted by atomic mass is 10.2. The van der Waals surface area contributed by atoms with Crippen molar-refractivity contribution in [1.82, 2.24) is 15.1 Å². The largest absolute Gasteiger partial charge is 0.390 e. The predicted molar refractivity (Wildman–Crippen MR) is 67.7 cm³/mol. The number of aliphatic hydroxyl groups excluding tert-OH is 1. The van der Waals surface area contributed by atoms with Crippen LogP contribution in [0.4, 0.5) is 0 Å². The minimum atomic E-state index is 0.0104. The smallest absolute Gasteiger partial charge is 0.0857 e. The molecule has 5 heteroatoms. The van der Waals surface area contributed by atoms with Crippen LogP contribution in [0.2, 0.25) is 0 Å². The lowest BCUT2D eigenvalue weighted by Crippen LogP contribution is -2.09. The van der Waals surface area contributed by atoms with Crippen LogP contribution in [-0.2, 0) is 19.7 Å². The van der Waals surface area contributed by atoms with Gasteiger partial charge in [-0.25, -0.2) is 4.68 Å². The molecule has 0 spiro atoms. The molecule has 17 heavy (non-hydrogen) atoms. The average Bonchev–Trinajstić information content (AvgIpc) is 2.88. The van der Waals surface area contributed by atoms with Crippen LogP contribution in [0.1, 0.15) is 17.0 Å². The molecular formula is C12H12BrN3O. The van der Waals surface area contributed by atoms with E-state index in [4.69, 9.17) is 0 Å². The van der Waals surface area contributed by atoms with Crippen LogP contribution >= 0.6 is 15.9 Å². The highest BCUT2D eigenvalue weighted by Crippen LogP contribution is 2.24. The Morgan fingerprint density at radius 3 is 3.06 bits per heavy atom. The van der Waals surface area contributed by atoms with Gasteiger partial charge in [-0.05, 0) is 18.2 Å². The molecule has 0 saturated carbocycles. The summed E-state index contributed by atoms with van der Waals surface area (Å²) in [6.07, 6.45) is 0. The molecule has 2 heterocycles. The van der Waals surface area contributed by atoms with Crippen molar-refractivity contribution in [2.45, 2.75) is 19.7 Å². The molecule has 2 aromatic rings. The number of aliphatic hydroxyl groups is 1. The quantitative estimate of drug-likeness (QED) is 0.887. The Bertz CT molecular complexity index is 565.